The summed E-state index contributed by atoms with van der Waals surface area (Å²) < 4.78 is 4.78. The number of hydrogen-bond acceptors (Lipinski definition) is 4. The summed E-state index contributed by atoms with van der Waals surface area (Å²) in [6.07, 6.45) is 9.20. The van der Waals surface area contributed by atoms with Gasteiger partial charge in [-0.3, -0.25) is 10.1 Å². The fraction of sp³-hybridized carbons (Fsp3) is 0.438. The molecule has 0 bridgehead atoms. The quantitative estimate of drug-likeness (QED) is 0.550. The molecule has 3 N–H and O–H groups in total. The van der Waals surface area contributed by atoms with Crippen molar-refractivity contribution in [2.45, 2.75) is 32.1 Å². The van der Waals surface area contributed by atoms with E-state index < -0.39 is 24.5 Å². The van der Waals surface area contributed by atoms with Crippen LogP contribution < -0.4 is 10.6 Å². The van der Waals surface area contributed by atoms with Crippen LogP contribution in [0.1, 0.15) is 42.6 Å². The van der Waals surface area contributed by atoms with Crippen molar-refractivity contribution < 1.29 is 19.1 Å². The second kappa shape index (κ2) is 8.77. The van der Waals surface area contributed by atoms with Crippen molar-refractivity contribution in [3.63, 3.8) is 0 Å². The van der Waals surface area contributed by atoms with E-state index in [1.54, 1.807) is 12.3 Å². The van der Waals surface area contributed by atoms with E-state index in [4.69, 9.17) is 4.74 Å². The van der Waals surface area contributed by atoms with Crippen molar-refractivity contribution in [3.8, 4) is 0 Å². The first-order valence-electron chi connectivity index (χ1n) is 7.71. The molecule has 1 aliphatic rings. The number of H-pyrrole nitrogens is 1. The highest BCUT2D eigenvalue weighted by Crippen LogP contribution is 2.19. The first-order chi connectivity index (χ1) is 11.1. The van der Waals surface area contributed by atoms with Gasteiger partial charge in [-0.25, -0.2) is 9.59 Å². The Bertz CT molecular complexity index is 578. The van der Waals surface area contributed by atoms with Crippen molar-refractivity contribution in [2.24, 2.45) is 0 Å². The number of aromatic amines is 1. The minimum absolute atomic E-state index is 0.253. The number of ether oxygens (including phenoxy) is 1. The Hall–Kier alpha value is -2.57. The molecule has 0 saturated heterocycles. The maximum atomic E-state index is 11.6. The largest absolute Gasteiger partial charge is 0.451 e. The molecule has 1 aromatic rings. The molecule has 0 atom stereocenters. The number of carbonyl (C=O) groups is 3. The summed E-state index contributed by atoms with van der Waals surface area (Å²) in [7, 11) is 0. The molecule has 7 nitrogen and oxygen atoms in total. The van der Waals surface area contributed by atoms with Gasteiger partial charge in [0.25, 0.3) is 5.91 Å². The molecule has 2 rings (SSSR count). The number of esters is 1. The topological polar surface area (TPSA) is 100 Å². The average Bonchev–Trinajstić information content (AvgIpc) is 3.08. The molecule has 23 heavy (non-hydrogen) atoms. The van der Waals surface area contributed by atoms with E-state index in [1.807, 2.05) is 0 Å². The number of nitrogens with one attached hydrogen (secondary N) is 3. The lowest BCUT2D eigenvalue weighted by atomic mass is 9.97. The molecule has 1 heterocycles. The van der Waals surface area contributed by atoms with Crippen LogP contribution in [0.2, 0.25) is 0 Å². The van der Waals surface area contributed by atoms with Crippen LogP contribution in [0.5, 0.6) is 0 Å². The first-order valence-corrected chi connectivity index (χ1v) is 7.71. The molecular weight excluding hydrogens is 298 g/mol. The summed E-state index contributed by atoms with van der Waals surface area (Å²) in [5.74, 6) is -1.31. The van der Waals surface area contributed by atoms with E-state index in [2.05, 4.69) is 21.7 Å². The second-order valence-electron chi connectivity index (χ2n) is 5.32. The van der Waals surface area contributed by atoms with Gasteiger partial charge in [0, 0.05) is 12.7 Å². The van der Waals surface area contributed by atoms with E-state index in [0.717, 1.165) is 19.3 Å². The number of carbonyl (C=O) groups excluding carboxylic acids is 3. The number of hydrogen-bond donors (Lipinski definition) is 3. The second-order valence-corrected chi connectivity index (χ2v) is 5.32. The SMILES string of the molecule is O=C(COC(=O)c1ccc[nH]1)NC(=O)NCCC1=CCCCC1. The van der Waals surface area contributed by atoms with Crippen molar-refractivity contribution in [2.75, 3.05) is 13.2 Å². The maximum absolute atomic E-state index is 11.6. The van der Waals surface area contributed by atoms with Gasteiger partial charge >= 0.3 is 12.0 Å². The van der Waals surface area contributed by atoms with Gasteiger partial charge in [-0.2, -0.15) is 0 Å². The molecule has 0 unspecified atom stereocenters. The number of imide groups is 1. The fourth-order valence-electron chi connectivity index (χ4n) is 2.34. The molecule has 7 heteroatoms. The predicted octanol–water partition coefficient (Wildman–Crippen LogP) is 1.89. The van der Waals surface area contributed by atoms with Crippen LogP contribution in [0.25, 0.3) is 0 Å². The molecule has 0 aromatic carbocycles. The zero-order chi connectivity index (χ0) is 16.5. The van der Waals surface area contributed by atoms with Gasteiger partial charge in [-0.05, 0) is 44.2 Å². The van der Waals surface area contributed by atoms with Crippen LogP contribution in [0, 0.1) is 0 Å². The maximum Gasteiger partial charge on any atom is 0.355 e. The average molecular weight is 319 g/mol. The van der Waals surface area contributed by atoms with Gasteiger partial charge in [0.15, 0.2) is 6.61 Å². The van der Waals surface area contributed by atoms with E-state index in [1.165, 1.54) is 24.5 Å². The highest BCUT2D eigenvalue weighted by atomic mass is 16.5. The third-order valence-corrected chi connectivity index (χ3v) is 3.52. The lowest BCUT2D eigenvalue weighted by molar-refractivity contribution is -0.123. The van der Waals surface area contributed by atoms with Gasteiger partial charge < -0.3 is 15.0 Å². The molecule has 1 aliphatic carbocycles. The summed E-state index contributed by atoms with van der Waals surface area (Å²) in [4.78, 5) is 37.3. The Kier molecular flexibility index (Phi) is 6.40. The molecule has 0 aliphatic heterocycles. The molecule has 3 amide bonds. The molecule has 124 valence electrons. The van der Waals surface area contributed by atoms with Crippen molar-refractivity contribution in [1.29, 1.82) is 0 Å². The molecule has 0 spiro atoms. The van der Waals surface area contributed by atoms with E-state index >= 15 is 0 Å². The monoisotopic (exact) mass is 319 g/mol. The predicted molar refractivity (Wildman–Crippen MR) is 83.8 cm³/mol. The minimum atomic E-state index is -0.667. The highest BCUT2D eigenvalue weighted by Gasteiger charge is 2.12. The highest BCUT2D eigenvalue weighted by molar-refractivity contribution is 5.96. The van der Waals surface area contributed by atoms with Crippen LogP contribution in [0.15, 0.2) is 30.0 Å². The molecule has 0 radical (unpaired) electrons. The Morgan fingerprint density at radius 2 is 2.13 bits per heavy atom. The van der Waals surface area contributed by atoms with Crippen LogP contribution in [0.4, 0.5) is 4.79 Å². The number of rotatable bonds is 6. The van der Waals surface area contributed by atoms with Gasteiger partial charge in [0.05, 0.1) is 0 Å². The normalized spacial score (nSPS) is 13.8. The smallest absolute Gasteiger partial charge is 0.355 e. The standard InChI is InChI=1S/C16H21N3O4/c20-14(11-23-15(21)13-7-4-9-17-13)19-16(22)18-10-8-12-5-2-1-3-6-12/h4-5,7,9,17H,1-3,6,8,10-11H2,(H2,18,19,20,22). The fourth-order valence-corrected chi connectivity index (χ4v) is 2.34. The Balaban J connectivity index is 1.59. The number of aromatic nitrogens is 1. The first kappa shape index (κ1) is 16.8. The summed E-state index contributed by atoms with van der Waals surface area (Å²) in [5.41, 5.74) is 1.60. The molecule has 0 saturated carbocycles. The van der Waals surface area contributed by atoms with Crippen LogP contribution in [-0.4, -0.2) is 36.0 Å². The third-order valence-electron chi connectivity index (χ3n) is 3.52. The molecule has 1 aromatic heterocycles. The summed E-state index contributed by atoms with van der Waals surface area (Å²) in [6, 6.07) is 2.60. The van der Waals surface area contributed by atoms with Gasteiger partial charge in [0.2, 0.25) is 0 Å². The van der Waals surface area contributed by atoms with Crippen molar-refractivity contribution in [1.82, 2.24) is 15.6 Å². The van der Waals surface area contributed by atoms with Gasteiger partial charge in [-0.15, -0.1) is 0 Å². The Labute approximate surface area is 134 Å². The van der Waals surface area contributed by atoms with E-state index in [9.17, 15) is 14.4 Å². The lowest BCUT2D eigenvalue weighted by Crippen LogP contribution is -2.41. The molecular formula is C16H21N3O4. The Morgan fingerprint density at radius 3 is 2.83 bits per heavy atom. The van der Waals surface area contributed by atoms with E-state index in [0.29, 0.717) is 6.54 Å². The summed E-state index contributed by atoms with van der Waals surface area (Å²) >= 11 is 0. The van der Waals surface area contributed by atoms with E-state index in [-0.39, 0.29) is 5.69 Å². The van der Waals surface area contributed by atoms with Gasteiger partial charge in [0.1, 0.15) is 5.69 Å². The van der Waals surface area contributed by atoms with Crippen LogP contribution >= 0.6 is 0 Å². The van der Waals surface area contributed by atoms with Crippen molar-refractivity contribution >= 4 is 17.9 Å². The summed E-state index contributed by atoms with van der Waals surface area (Å²) in [5, 5.41) is 4.74. The minimum Gasteiger partial charge on any atom is -0.451 e. The zero-order valence-corrected chi connectivity index (χ0v) is 12.9. The lowest BCUT2D eigenvalue weighted by Gasteiger charge is -2.13. The number of allylic oxidation sites excluding steroid dienone is 1. The van der Waals surface area contributed by atoms with Crippen LogP contribution in [-0.2, 0) is 9.53 Å². The zero-order valence-electron chi connectivity index (χ0n) is 12.9. The number of amides is 3. The molecule has 0 fully saturated rings. The van der Waals surface area contributed by atoms with Gasteiger partial charge in [-0.1, -0.05) is 11.6 Å². The third kappa shape index (κ3) is 5.98. The summed E-state index contributed by atoms with van der Waals surface area (Å²) in [6.45, 7) is -0.0242. The van der Waals surface area contributed by atoms with Crippen molar-refractivity contribution in [3.05, 3.63) is 35.7 Å². The van der Waals surface area contributed by atoms with Crippen LogP contribution in [0.3, 0.4) is 0 Å². The number of urea groups is 1. The Morgan fingerprint density at radius 1 is 1.26 bits per heavy atom.